The summed E-state index contributed by atoms with van der Waals surface area (Å²) >= 11 is 0. The predicted octanol–water partition coefficient (Wildman–Crippen LogP) is 19.1. The Morgan fingerprint density at radius 3 is 1.55 bits per heavy atom. The van der Waals surface area contributed by atoms with E-state index in [1.54, 1.807) is 0 Å². The van der Waals surface area contributed by atoms with Gasteiger partial charge in [0.2, 0.25) is 0 Å². The summed E-state index contributed by atoms with van der Waals surface area (Å²) < 4.78 is 12.8. The molecule has 2 heterocycles. The monoisotopic (exact) mass is 879 g/mol. The van der Waals surface area contributed by atoms with Crippen molar-refractivity contribution >= 4 is 93.3 Å². The largest absolute Gasteiger partial charge is 0.456 e. The van der Waals surface area contributed by atoms with Crippen molar-refractivity contribution in [1.29, 1.82) is 0 Å². The standard InChI is InChI=1S/C66H41NO2/c1-4-18-53-46(13-1)38-49(45-31-36-59-57-21-7-9-25-63(57)68-65(59)41-45)39-61(53)43-29-34-51(35-30-43)67(62-40-48-14-2-3-17-52(48)55-19-5-6-20-56(55)62)50-32-27-42(28-33-50)44-15-11-16-47(37-44)54-23-12-24-60-58-22-8-10-26-64(58)69-66(54)60/h1-41H. The molecule has 0 saturated carbocycles. The molecule has 3 heteroatoms. The van der Waals surface area contributed by atoms with E-state index in [9.17, 15) is 0 Å². The molecule has 0 aliphatic rings. The van der Waals surface area contributed by atoms with Crippen LogP contribution >= 0.6 is 0 Å². The smallest absolute Gasteiger partial charge is 0.143 e. The van der Waals surface area contributed by atoms with Gasteiger partial charge in [-0.05, 0) is 139 Å². The van der Waals surface area contributed by atoms with Crippen LogP contribution in [-0.2, 0) is 0 Å². The maximum absolute atomic E-state index is 6.45. The fourth-order valence-corrected chi connectivity index (χ4v) is 10.7. The molecule has 322 valence electrons. The van der Waals surface area contributed by atoms with Crippen LogP contribution in [0.5, 0.6) is 0 Å². The summed E-state index contributed by atoms with van der Waals surface area (Å²) in [6.07, 6.45) is 0. The van der Waals surface area contributed by atoms with E-state index in [2.05, 4.69) is 229 Å². The zero-order chi connectivity index (χ0) is 45.4. The van der Waals surface area contributed by atoms with E-state index >= 15 is 0 Å². The highest BCUT2D eigenvalue weighted by Gasteiger charge is 2.20. The Balaban J connectivity index is 0.876. The van der Waals surface area contributed by atoms with Gasteiger partial charge in [0.05, 0.1) is 5.69 Å². The first-order valence-electron chi connectivity index (χ1n) is 23.6. The molecule has 14 aromatic rings. The third kappa shape index (κ3) is 6.51. The van der Waals surface area contributed by atoms with Crippen molar-refractivity contribution in [3.63, 3.8) is 0 Å². The van der Waals surface area contributed by atoms with Crippen molar-refractivity contribution < 1.29 is 8.83 Å². The minimum Gasteiger partial charge on any atom is -0.456 e. The molecule has 0 aliphatic heterocycles. The Hall–Kier alpha value is -9.18. The maximum Gasteiger partial charge on any atom is 0.143 e. The number of hydrogen-bond acceptors (Lipinski definition) is 3. The highest BCUT2D eigenvalue weighted by Crippen LogP contribution is 2.45. The molecular formula is C66H41NO2. The lowest BCUT2D eigenvalue weighted by Crippen LogP contribution is -2.10. The molecule has 2 aromatic heterocycles. The fraction of sp³-hybridized carbons (Fsp3) is 0. The first-order chi connectivity index (χ1) is 34.2. The summed E-state index contributed by atoms with van der Waals surface area (Å²) in [7, 11) is 0. The fourth-order valence-electron chi connectivity index (χ4n) is 10.7. The number of nitrogens with zero attached hydrogens (tertiary/aromatic N) is 1. The zero-order valence-corrected chi connectivity index (χ0v) is 37.4. The van der Waals surface area contributed by atoms with Gasteiger partial charge >= 0.3 is 0 Å². The van der Waals surface area contributed by atoms with Crippen molar-refractivity contribution in [3.05, 3.63) is 249 Å². The Kier molecular flexibility index (Phi) is 8.90. The Labute approximate surface area is 398 Å². The average molecular weight is 880 g/mol. The van der Waals surface area contributed by atoms with E-state index in [-0.39, 0.29) is 0 Å². The second-order valence-corrected chi connectivity index (χ2v) is 18.0. The normalized spacial score (nSPS) is 11.8. The third-order valence-electron chi connectivity index (χ3n) is 14.0. The van der Waals surface area contributed by atoms with Crippen LogP contribution in [0.1, 0.15) is 0 Å². The minimum atomic E-state index is 0.896. The van der Waals surface area contributed by atoms with E-state index in [0.29, 0.717) is 0 Å². The average Bonchev–Trinajstić information content (AvgIpc) is 3.99. The van der Waals surface area contributed by atoms with Gasteiger partial charge in [0.15, 0.2) is 0 Å². The Bertz CT molecular complexity index is 4310. The second-order valence-electron chi connectivity index (χ2n) is 18.0. The van der Waals surface area contributed by atoms with Crippen molar-refractivity contribution in [1.82, 2.24) is 0 Å². The zero-order valence-electron chi connectivity index (χ0n) is 37.4. The molecule has 12 aromatic carbocycles. The van der Waals surface area contributed by atoms with Crippen LogP contribution in [0.15, 0.2) is 258 Å². The van der Waals surface area contributed by atoms with Gasteiger partial charge in [0, 0.05) is 43.9 Å². The van der Waals surface area contributed by atoms with Gasteiger partial charge in [-0.25, -0.2) is 0 Å². The molecule has 0 amide bonds. The molecule has 0 aliphatic carbocycles. The molecule has 0 spiro atoms. The van der Waals surface area contributed by atoms with E-state index in [1.807, 2.05) is 24.3 Å². The predicted molar refractivity (Wildman–Crippen MR) is 290 cm³/mol. The van der Waals surface area contributed by atoms with Crippen LogP contribution in [-0.4, -0.2) is 0 Å². The van der Waals surface area contributed by atoms with E-state index in [0.717, 1.165) is 99.9 Å². The van der Waals surface area contributed by atoms with E-state index in [1.165, 1.54) is 37.9 Å². The summed E-state index contributed by atoms with van der Waals surface area (Å²) in [6, 6.07) is 89.7. The van der Waals surface area contributed by atoms with Crippen molar-refractivity contribution in [2.75, 3.05) is 4.90 Å². The summed E-state index contributed by atoms with van der Waals surface area (Å²) in [5.41, 5.74) is 16.0. The highest BCUT2D eigenvalue weighted by atomic mass is 16.3. The number of anilines is 3. The number of furan rings is 2. The lowest BCUT2D eigenvalue weighted by atomic mass is 9.92. The molecule has 0 atom stereocenters. The molecule has 3 nitrogen and oxygen atoms in total. The van der Waals surface area contributed by atoms with E-state index in [4.69, 9.17) is 8.83 Å². The van der Waals surface area contributed by atoms with Crippen molar-refractivity contribution in [2.24, 2.45) is 0 Å². The number of fused-ring (bicyclic) bond motifs is 10. The van der Waals surface area contributed by atoms with Gasteiger partial charge in [-0.3, -0.25) is 0 Å². The summed E-state index contributed by atoms with van der Waals surface area (Å²) in [4.78, 5) is 2.41. The van der Waals surface area contributed by atoms with Crippen LogP contribution < -0.4 is 4.90 Å². The van der Waals surface area contributed by atoms with Crippen LogP contribution in [0.4, 0.5) is 17.1 Å². The molecule has 14 rings (SSSR count). The van der Waals surface area contributed by atoms with Gasteiger partial charge < -0.3 is 13.7 Å². The van der Waals surface area contributed by atoms with Crippen molar-refractivity contribution in [3.8, 4) is 44.5 Å². The number of benzene rings is 12. The first-order valence-corrected chi connectivity index (χ1v) is 23.6. The van der Waals surface area contributed by atoms with Gasteiger partial charge in [0.1, 0.15) is 22.3 Å². The van der Waals surface area contributed by atoms with E-state index < -0.39 is 0 Å². The van der Waals surface area contributed by atoms with Gasteiger partial charge in [-0.1, -0.05) is 176 Å². The lowest BCUT2D eigenvalue weighted by molar-refractivity contribution is 0.669. The van der Waals surface area contributed by atoms with Gasteiger partial charge in [-0.2, -0.15) is 0 Å². The Morgan fingerprint density at radius 2 is 0.783 bits per heavy atom. The number of para-hydroxylation sites is 3. The van der Waals surface area contributed by atoms with Crippen LogP contribution in [0.3, 0.4) is 0 Å². The third-order valence-corrected chi connectivity index (χ3v) is 14.0. The van der Waals surface area contributed by atoms with Gasteiger partial charge in [-0.15, -0.1) is 0 Å². The quantitative estimate of drug-likeness (QED) is 0.149. The first kappa shape index (κ1) is 39.0. The highest BCUT2D eigenvalue weighted by molar-refractivity contribution is 6.15. The Morgan fingerprint density at radius 1 is 0.246 bits per heavy atom. The number of hydrogen-bond donors (Lipinski definition) is 0. The SMILES string of the molecule is c1cc(-c2ccc(N(c3ccc(-c4cc(-c5ccc6c(c5)oc5ccccc56)cc5ccccc45)cc3)c3cc4ccccc4c4ccccc34)cc2)cc(-c2cccc3c2oc2ccccc23)c1. The van der Waals surface area contributed by atoms with Crippen LogP contribution in [0.25, 0.3) is 121 Å². The summed E-state index contributed by atoms with van der Waals surface area (Å²) in [6.45, 7) is 0. The minimum absolute atomic E-state index is 0.896. The van der Waals surface area contributed by atoms with Crippen LogP contribution in [0, 0.1) is 0 Å². The molecule has 69 heavy (non-hydrogen) atoms. The maximum atomic E-state index is 6.45. The molecule has 0 unspecified atom stereocenters. The summed E-state index contributed by atoms with van der Waals surface area (Å²) in [5, 5.41) is 11.8. The molecule has 0 N–H and O–H groups in total. The molecule has 0 saturated heterocycles. The van der Waals surface area contributed by atoms with Crippen molar-refractivity contribution in [2.45, 2.75) is 0 Å². The molecule has 0 radical (unpaired) electrons. The molecule has 0 bridgehead atoms. The molecular weight excluding hydrogens is 839 g/mol. The summed E-state index contributed by atoms with van der Waals surface area (Å²) in [5.74, 6) is 0. The van der Waals surface area contributed by atoms with Crippen LogP contribution in [0.2, 0.25) is 0 Å². The van der Waals surface area contributed by atoms with Gasteiger partial charge in [0.25, 0.3) is 0 Å². The topological polar surface area (TPSA) is 29.5 Å². The molecule has 0 fully saturated rings. The lowest BCUT2D eigenvalue weighted by Gasteiger charge is -2.28. The second kappa shape index (κ2) is 15.7. The number of rotatable bonds is 7.